The Hall–Kier alpha value is -5.36. The molecule has 1 heterocycles. The van der Waals surface area contributed by atoms with Crippen LogP contribution in [0.25, 0.3) is 10.9 Å². The molecule has 0 saturated carbocycles. The van der Waals surface area contributed by atoms with Gasteiger partial charge in [0.2, 0.25) is 0 Å². The van der Waals surface area contributed by atoms with Crippen molar-refractivity contribution in [3.63, 3.8) is 0 Å². The number of carbonyl (C=O) groups is 3. The number of aromatic nitrogens is 1. The first kappa shape index (κ1) is 31.6. The van der Waals surface area contributed by atoms with E-state index in [2.05, 4.69) is 15.6 Å². The second-order valence-corrected chi connectivity index (χ2v) is 10.8. The summed E-state index contributed by atoms with van der Waals surface area (Å²) in [6, 6.07) is 20.9. The van der Waals surface area contributed by atoms with Crippen LogP contribution in [-0.2, 0) is 9.53 Å². The number of carboxylic acid groups (broad SMARTS) is 1. The number of rotatable bonds is 11. The van der Waals surface area contributed by atoms with Crippen molar-refractivity contribution in [2.75, 3.05) is 19.0 Å². The minimum absolute atomic E-state index is 0.177. The zero-order valence-electron chi connectivity index (χ0n) is 24.7. The second kappa shape index (κ2) is 13.3. The van der Waals surface area contributed by atoms with Gasteiger partial charge in [-0.05, 0) is 69.3 Å². The average molecular weight is 603 g/mol. The SMILES string of the molecule is COc1cc2c(Oc3ccc(NC(=O)c4ccccc4)cc3)ccnc2cc1OCC[C@](N)(NC(=O)OC(C)(C)C)C(=O)O. The molecular weight excluding hydrogens is 568 g/mol. The number of hydrogen-bond acceptors (Lipinski definition) is 9. The van der Waals surface area contributed by atoms with Gasteiger partial charge in [0.1, 0.15) is 17.1 Å². The van der Waals surface area contributed by atoms with E-state index in [1.807, 2.05) is 6.07 Å². The summed E-state index contributed by atoms with van der Waals surface area (Å²) in [5, 5.41) is 15.3. The highest BCUT2D eigenvalue weighted by molar-refractivity contribution is 6.04. The van der Waals surface area contributed by atoms with Crippen LogP contribution in [0.15, 0.2) is 79.0 Å². The molecule has 0 aliphatic rings. The molecule has 0 aliphatic carbocycles. The number of anilines is 1. The number of benzene rings is 3. The monoisotopic (exact) mass is 602 g/mol. The van der Waals surface area contributed by atoms with E-state index < -0.39 is 23.3 Å². The summed E-state index contributed by atoms with van der Waals surface area (Å²) >= 11 is 0. The van der Waals surface area contributed by atoms with Crippen LogP contribution in [0.1, 0.15) is 37.6 Å². The van der Waals surface area contributed by atoms with E-state index in [-0.39, 0.29) is 24.7 Å². The molecule has 1 atom stereocenters. The Balaban J connectivity index is 1.45. The maximum Gasteiger partial charge on any atom is 0.409 e. The van der Waals surface area contributed by atoms with Crippen molar-refractivity contribution in [2.45, 2.75) is 38.5 Å². The van der Waals surface area contributed by atoms with Crippen LogP contribution in [0, 0.1) is 0 Å². The number of amides is 2. The third kappa shape index (κ3) is 8.13. The number of methoxy groups -OCH3 is 1. The van der Waals surface area contributed by atoms with Gasteiger partial charge in [0, 0.05) is 35.3 Å². The summed E-state index contributed by atoms with van der Waals surface area (Å²) in [5.74, 6) is -0.0220. The fourth-order valence-corrected chi connectivity index (χ4v) is 4.05. The molecule has 12 nitrogen and oxygen atoms in total. The van der Waals surface area contributed by atoms with Gasteiger partial charge in [-0.1, -0.05) is 18.2 Å². The van der Waals surface area contributed by atoms with Gasteiger partial charge >= 0.3 is 12.1 Å². The highest BCUT2D eigenvalue weighted by atomic mass is 16.6. The van der Waals surface area contributed by atoms with E-state index >= 15 is 0 Å². The lowest BCUT2D eigenvalue weighted by Crippen LogP contribution is -2.62. The summed E-state index contributed by atoms with van der Waals surface area (Å²) in [6.45, 7) is 4.77. The number of hydrogen-bond donors (Lipinski definition) is 4. The Morgan fingerprint density at radius 2 is 1.64 bits per heavy atom. The molecule has 230 valence electrons. The minimum Gasteiger partial charge on any atom is -0.493 e. The van der Waals surface area contributed by atoms with Gasteiger partial charge in [-0.15, -0.1) is 0 Å². The third-order valence-electron chi connectivity index (χ3n) is 6.22. The number of alkyl carbamates (subject to hydrolysis) is 1. The first-order chi connectivity index (χ1) is 20.9. The van der Waals surface area contributed by atoms with E-state index in [1.165, 1.54) is 7.11 Å². The van der Waals surface area contributed by atoms with Crippen molar-refractivity contribution >= 4 is 34.6 Å². The van der Waals surface area contributed by atoms with Gasteiger partial charge < -0.3 is 29.4 Å². The van der Waals surface area contributed by atoms with E-state index in [9.17, 15) is 19.5 Å². The summed E-state index contributed by atoms with van der Waals surface area (Å²) in [4.78, 5) is 40.8. The maximum atomic E-state index is 12.4. The fourth-order valence-electron chi connectivity index (χ4n) is 4.05. The number of fused-ring (bicyclic) bond motifs is 1. The lowest BCUT2D eigenvalue weighted by Gasteiger charge is -2.28. The van der Waals surface area contributed by atoms with Gasteiger partial charge in [-0.3, -0.25) is 20.8 Å². The topological polar surface area (TPSA) is 171 Å². The summed E-state index contributed by atoms with van der Waals surface area (Å²) in [7, 11) is 1.46. The molecule has 0 bridgehead atoms. The molecule has 0 aliphatic heterocycles. The van der Waals surface area contributed by atoms with Crippen LogP contribution >= 0.6 is 0 Å². The fraction of sp³-hybridized carbons (Fsp3) is 0.250. The number of carboxylic acids is 1. The number of nitrogens with two attached hydrogens (primary N) is 1. The molecule has 3 aromatic carbocycles. The number of pyridine rings is 1. The van der Waals surface area contributed by atoms with E-state index in [1.54, 1.807) is 93.7 Å². The van der Waals surface area contributed by atoms with E-state index in [0.29, 0.717) is 39.4 Å². The quantitative estimate of drug-likeness (QED) is 0.165. The predicted octanol–water partition coefficient (Wildman–Crippen LogP) is 5.32. The van der Waals surface area contributed by atoms with Crippen LogP contribution in [-0.4, -0.2) is 53.0 Å². The zero-order valence-corrected chi connectivity index (χ0v) is 24.7. The molecule has 44 heavy (non-hydrogen) atoms. The van der Waals surface area contributed by atoms with E-state index in [4.69, 9.17) is 24.7 Å². The first-order valence-corrected chi connectivity index (χ1v) is 13.6. The maximum absolute atomic E-state index is 12.4. The van der Waals surface area contributed by atoms with Gasteiger partial charge in [0.25, 0.3) is 5.91 Å². The Bertz CT molecular complexity index is 1640. The molecule has 4 aromatic rings. The molecule has 1 aromatic heterocycles. The van der Waals surface area contributed by atoms with Crippen LogP contribution < -0.4 is 30.6 Å². The summed E-state index contributed by atoms with van der Waals surface area (Å²) < 4.78 is 22.6. The van der Waals surface area contributed by atoms with Gasteiger partial charge in [-0.2, -0.15) is 0 Å². The molecular formula is C32H34N4O8. The normalized spacial score (nSPS) is 12.5. The highest BCUT2D eigenvalue weighted by Gasteiger charge is 2.37. The van der Waals surface area contributed by atoms with Crippen molar-refractivity contribution in [1.29, 1.82) is 0 Å². The van der Waals surface area contributed by atoms with Gasteiger partial charge in [-0.25, -0.2) is 9.59 Å². The number of ether oxygens (including phenoxy) is 4. The van der Waals surface area contributed by atoms with Crippen LogP contribution in [0.3, 0.4) is 0 Å². The Morgan fingerprint density at radius 1 is 0.932 bits per heavy atom. The van der Waals surface area contributed by atoms with Crippen molar-refractivity contribution in [3.8, 4) is 23.0 Å². The standard InChI is InChI=1S/C32H34N4O8/c1-31(2,3)44-30(40)36-32(33,29(38)39)15-17-42-27-19-24-23(18-26(27)41-4)25(14-16-34-24)43-22-12-10-21(11-13-22)35-28(37)20-8-6-5-7-9-20/h5-14,16,18-19H,15,17,33H2,1-4H3,(H,35,37)(H,36,40)(H,38,39)/t32-/m0/s1. The number of nitrogens with one attached hydrogen (secondary N) is 2. The predicted molar refractivity (Wildman–Crippen MR) is 163 cm³/mol. The molecule has 0 radical (unpaired) electrons. The van der Waals surface area contributed by atoms with Crippen molar-refractivity contribution in [2.24, 2.45) is 5.73 Å². The summed E-state index contributed by atoms with van der Waals surface area (Å²) in [5.41, 5.74) is 4.68. The number of aliphatic carboxylic acids is 1. The van der Waals surface area contributed by atoms with Crippen LogP contribution in [0.5, 0.6) is 23.0 Å². The first-order valence-electron chi connectivity index (χ1n) is 13.6. The minimum atomic E-state index is -2.13. The number of carbonyl (C=O) groups excluding carboxylic acids is 2. The molecule has 4 rings (SSSR count). The molecule has 2 amide bonds. The van der Waals surface area contributed by atoms with Gasteiger partial charge in [0.05, 0.1) is 19.2 Å². The zero-order chi connectivity index (χ0) is 31.9. The Labute approximate surface area is 254 Å². The highest BCUT2D eigenvalue weighted by Crippen LogP contribution is 2.37. The lowest BCUT2D eigenvalue weighted by atomic mass is 10.1. The van der Waals surface area contributed by atoms with Crippen molar-refractivity contribution < 1.29 is 38.4 Å². The Kier molecular flexibility index (Phi) is 9.54. The smallest absolute Gasteiger partial charge is 0.409 e. The van der Waals surface area contributed by atoms with E-state index in [0.717, 1.165) is 0 Å². The molecule has 0 saturated heterocycles. The molecule has 0 fully saturated rings. The van der Waals surface area contributed by atoms with Crippen LogP contribution in [0.4, 0.5) is 10.5 Å². The van der Waals surface area contributed by atoms with Gasteiger partial charge in [0.15, 0.2) is 17.2 Å². The molecule has 5 N–H and O–H groups in total. The molecule has 0 spiro atoms. The van der Waals surface area contributed by atoms with Crippen molar-refractivity contribution in [1.82, 2.24) is 10.3 Å². The molecule has 12 heteroatoms. The average Bonchev–Trinajstić information content (AvgIpc) is 2.97. The number of nitrogens with zero attached hydrogens (tertiary/aromatic N) is 1. The lowest BCUT2D eigenvalue weighted by molar-refractivity contribution is -0.145. The summed E-state index contributed by atoms with van der Waals surface area (Å²) in [6.07, 6.45) is 0.331. The van der Waals surface area contributed by atoms with Crippen molar-refractivity contribution in [3.05, 3.63) is 84.6 Å². The largest absolute Gasteiger partial charge is 0.493 e. The second-order valence-electron chi connectivity index (χ2n) is 10.8. The van der Waals surface area contributed by atoms with Crippen LogP contribution in [0.2, 0.25) is 0 Å². The Morgan fingerprint density at radius 3 is 2.27 bits per heavy atom. The molecule has 0 unspecified atom stereocenters. The third-order valence-corrected chi connectivity index (χ3v) is 6.22.